The molecule has 2 heterocycles. The molecule has 0 N–H and O–H groups in total. The first-order valence-electron chi connectivity index (χ1n) is 7.03. The van der Waals surface area contributed by atoms with Crippen molar-refractivity contribution < 1.29 is 8.81 Å². The molecule has 3 aromatic rings. The van der Waals surface area contributed by atoms with Crippen molar-refractivity contribution in [3.05, 3.63) is 65.0 Å². The molecule has 7 heteroatoms. The summed E-state index contributed by atoms with van der Waals surface area (Å²) in [6.45, 7) is 1.02. The lowest BCUT2D eigenvalue weighted by Gasteiger charge is -2.15. The molecule has 0 saturated carbocycles. The van der Waals surface area contributed by atoms with Gasteiger partial charge in [-0.3, -0.25) is 9.88 Å². The van der Waals surface area contributed by atoms with Crippen molar-refractivity contribution in [2.24, 2.45) is 0 Å². The number of rotatable bonds is 5. The number of aromatic nitrogens is 3. The lowest BCUT2D eigenvalue weighted by atomic mass is 10.2. The molecule has 0 fully saturated rings. The summed E-state index contributed by atoms with van der Waals surface area (Å²) in [4.78, 5) is 6.30. The van der Waals surface area contributed by atoms with Crippen molar-refractivity contribution in [1.82, 2.24) is 19.7 Å². The van der Waals surface area contributed by atoms with Gasteiger partial charge >= 0.3 is 0 Å². The van der Waals surface area contributed by atoms with Gasteiger partial charge in [-0.15, -0.1) is 5.10 Å². The lowest BCUT2D eigenvalue weighted by Crippen LogP contribution is -2.22. The second-order valence-electron chi connectivity index (χ2n) is 5.20. The molecule has 0 unspecified atom stereocenters. The van der Waals surface area contributed by atoms with E-state index < -0.39 is 0 Å². The Hall–Kier alpha value is -2.38. The summed E-state index contributed by atoms with van der Waals surface area (Å²) in [6, 6.07) is 10.2. The van der Waals surface area contributed by atoms with Gasteiger partial charge in [0.25, 0.3) is 4.84 Å². The van der Waals surface area contributed by atoms with Gasteiger partial charge in [0.05, 0.1) is 12.2 Å². The van der Waals surface area contributed by atoms with E-state index in [1.165, 1.54) is 12.1 Å². The number of halogens is 1. The van der Waals surface area contributed by atoms with E-state index in [0.29, 0.717) is 19.1 Å². The fourth-order valence-electron chi connectivity index (χ4n) is 2.23. The van der Waals surface area contributed by atoms with Crippen molar-refractivity contribution >= 4 is 12.2 Å². The third kappa shape index (κ3) is 3.88. The van der Waals surface area contributed by atoms with Gasteiger partial charge in [0, 0.05) is 18.9 Å². The molecule has 3 rings (SSSR count). The Bertz CT molecular complexity index is 847. The third-order valence-corrected chi connectivity index (χ3v) is 3.53. The van der Waals surface area contributed by atoms with E-state index in [-0.39, 0.29) is 10.7 Å². The van der Waals surface area contributed by atoms with Crippen LogP contribution in [0.2, 0.25) is 0 Å². The number of benzene rings is 1. The number of hydrogen-bond acceptors (Lipinski definition) is 5. The average molecular weight is 330 g/mol. The topological polar surface area (TPSA) is 47.1 Å². The van der Waals surface area contributed by atoms with Crippen LogP contribution < -0.4 is 0 Å². The van der Waals surface area contributed by atoms with Crippen LogP contribution in [0.1, 0.15) is 5.56 Å². The van der Waals surface area contributed by atoms with Gasteiger partial charge < -0.3 is 4.42 Å². The summed E-state index contributed by atoms with van der Waals surface area (Å²) in [6.07, 6.45) is 3.35. The van der Waals surface area contributed by atoms with Crippen LogP contribution in [0.4, 0.5) is 4.39 Å². The molecule has 0 aliphatic rings. The average Bonchev–Trinajstić information content (AvgIpc) is 2.89. The van der Waals surface area contributed by atoms with Gasteiger partial charge in [0.2, 0.25) is 5.89 Å². The minimum Gasteiger partial charge on any atom is -0.409 e. The molecule has 0 amide bonds. The van der Waals surface area contributed by atoms with Crippen LogP contribution in [-0.4, -0.2) is 26.7 Å². The normalized spacial score (nSPS) is 11.1. The summed E-state index contributed by atoms with van der Waals surface area (Å²) in [7, 11) is 1.91. The van der Waals surface area contributed by atoms with E-state index in [0.717, 1.165) is 11.1 Å². The van der Waals surface area contributed by atoms with Crippen molar-refractivity contribution in [2.75, 3.05) is 7.05 Å². The van der Waals surface area contributed by atoms with Crippen molar-refractivity contribution in [3.63, 3.8) is 0 Å². The van der Waals surface area contributed by atoms with Gasteiger partial charge in [0.15, 0.2) is 0 Å². The first-order valence-corrected chi connectivity index (χ1v) is 7.44. The van der Waals surface area contributed by atoms with Crippen LogP contribution >= 0.6 is 12.2 Å². The van der Waals surface area contributed by atoms with Gasteiger partial charge in [-0.2, -0.15) is 0 Å². The molecule has 0 aliphatic heterocycles. The summed E-state index contributed by atoms with van der Waals surface area (Å²) < 4.78 is 20.3. The van der Waals surface area contributed by atoms with Crippen LogP contribution in [0.3, 0.4) is 0 Å². The maximum atomic E-state index is 13.2. The highest BCUT2D eigenvalue weighted by Crippen LogP contribution is 2.16. The van der Waals surface area contributed by atoms with Crippen LogP contribution in [0, 0.1) is 10.7 Å². The molecule has 0 bridgehead atoms. The highest BCUT2D eigenvalue weighted by molar-refractivity contribution is 7.71. The maximum Gasteiger partial charge on any atom is 0.288 e. The molecule has 118 valence electrons. The molecule has 0 spiro atoms. The number of hydrogen-bond donors (Lipinski definition) is 0. The Balaban J connectivity index is 1.73. The number of nitrogens with zero attached hydrogens (tertiary/aromatic N) is 4. The monoisotopic (exact) mass is 330 g/mol. The zero-order valence-electron chi connectivity index (χ0n) is 12.5. The molecule has 5 nitrogen and oxygen atoms in total. The molecule has 0 aliphatic carbocycles. The first kappa shape index (κ1) is 15.5. The third-order valence-electron chi connectivity index (χ3n) is 3.23. The second kappa shape index (κ2) is 6.80. The Morgan fingerprint density at radius 2 is 2.17 bits per heavy atom. The molecule has 23 heavy (non-hydrogen) atoms. The summed E-state index contributed by atoms with van der Waals surface area (Å²) in [5, 5.41) is 4.37. The van der Waals surface area contributed by atoms with E-state index in [4.69, 9.17) is 16.6 Å². The minimum absolute atomic E-state index is 0.243. The fraction of sp³-hybridized carbons (Fsp3) is 0.188. The first-order chi connectivity index (χ1) is 11.1. The Kier molecular flexibility index (Phi) is 4.59. The van der Waals surface area contributed by atoms with Gasteiger partial charge in [-0.1, -0.05) is 12.1 Å². The van der Waals surface area contributed by atoms with E-state index in [1.54, 1.807) is 23.1 Å². The Morgan fingerprint density at radius 1 is 1.30 bits per heavy atom. The zero-order valence-corrected chi connectivity index (χ0v) is 13.3. The predicted molar refractivity (Wildman–Crippen MR) is 86.4 cm³/mol. The van der Waals surface area contributed by atoms with Gasteiger partial charge in [-0.25, -0.2) is 9.07 Å². The highest BCUT2D eigenvalue weighted by atomic mass is 32.1. The van der Waals surface area contributed by atoms with Crippen molar-refractivity contribution in [2.45, 2.75) is 13.2 Å². The van der Waals surface area contributed by atoms with Crippen LogP contribution in [0.15, 0.2) is 53.2 Å². The largest absolute Gasteiger partial charge is 0.409 e. The van der Waals surface area contributed by atoms with E-state index >= 15 is 0 Å². The van der Waals surface area contributed by atoms with E-state index in [1.807, 2.05) is 30.1 Å². The fourth-order valence-corrected chi connectivity index (χ4v) is 2.40. The van der Waals surface area contributed by atoms with Crippen LogP contribution in [0.25, 0.3) is 11.5 Å². The molecule has 0 atom stereocenters. The second-order valence-corrected chi connectivity index (χ2v) is 5.55. The zero-order chi connectivity index (χ0) is 16.2. The quantitative estimate of drug-likeness (QED) is 0.670. The molecule has 0 saturated heterocycles. The molecule has 1 aromatic carbocycles. The summed E-state index contributed by atoms with van der Waals surface area (Å²) >= 11 is 5.20. The van der Waals surface area contributed by atoms with Crippen molar-refractivity contribution in [1.29, 1.82) is 0 Å². The Morgan fingerprint density at radius 3 is 2.91 bits per heavy atom. The van der Waals surface area contributed by atoms with Crippen LogP contribution in [-0.2, 0) is 13.2 Å². The summed E-state index contributed by atoms with van der Waals surface area (Å²) in [5.74, 6) is 0.190. The minimum atomic E-state index is -0.243. The summed E-state index contributed by atoms with van der Waals surface area (Å²) in [5.41, 5.74) is 1.65. The van der Waals surface area contributed by atoms with Gasteiger partial charge in [-0.05, 0) is 49.1 Å². The molecular formula is C16H15FN4OS. The SMILES string of the molecule is CN(Cc1cccc(F)c1)Cn1nc(-c2cccnc2)oc1=S. The lowest BCUT2D eigenvalue weighted by molar-refractivity contribution is 0.240. The van der Waals surface area contributed by atoms with E-state index in [2.05, 4.69) is 10.1 Å². The van der Waals surface area contributed by atoms with Crippen LogP contribution in [0.5, 0.6) is 0 Å². The maximum absolute atomic E-state index is 13.2. The standard InChI is InChI=1S/C16H15FN4OS/c1-20(10-12-4-2-6-14(17)8-12)11-21-16(23)22-15(19-21)13-5-3-7-18-9-13/h2-9H,10-11H2,1H3. The number of pyridine rings is 1. The predicted octanol–water partition coefficient (Wildman–Crippen LogP) is 3.50. The molecule has 0 radical (unpaired) electrons. The van der Waals surface area contributed by atoms with E-state index in [9.17, 15) is 4.39 Å². The molecular weight excluding hydrogens is 315 g/mol. The van der Waals surface area contributed by atoms with Crippen molar-refractivity contribution in [3.8, 4) is 11.5 Å². The highest BCUT2D eigenvalue weighted by Gasteiger charge is 2.10. The molecule has 2 aromatic heterocycles. The van der Waals surface area contributed by atoms with Gasteiger partial charge in [0.1, 0.15) is 5.82 Å². The smallest absolute Gasteiger partial charge is 0.288 e. The Labute approximate surface area is 138 Å².